The van der Waals surface area contributed by atoms with E-state index in [0.29, 0.717) is 17.9 Å². The van der Waals surface area contributed by atoms with Crippen LogP contribution in [-0.2, 0) is 4.79 Å². The standard InChI is InChI=1S/C16H22N2O/c1-11(13-7-8-17-10-13)18-16(19)15-9-14(15)12-5-3-2-4-6-12/h2-6,11,13-15,17H,7-10H2,1H3,(H,18,19). The van der Waals surface area contributed by atoms with E-state index in [0.717, 1.165) is 19.5 Å². The van der Waals surface area contributed by atoms with E-state index in [1.807, 2.05) is 6.07 Å². The van der Waals surface area contributed by atoms with Crippen molar-refractivity contribution < 1.29 is 4.79 Å². The Bertz CT molecular complexity index is 439. The zero-order valence-electron chi connectivity index (χ0n) is 11.4. The van der Waals surface area contributed by atoms with Gasteiger partial charge in [-0.1, -0.05) is 30.3 Å². The maximum atomic E-state index is 12.2. The minimum Gasteiger partial charge on any atom is -0.353 e. The second-order valence-electron chi connectivity index (χ2n) is 5.91. The van der Waals surface area contributed by atoms with Crippen LogP contribution in [0.1, 0.15) is 31.2 Å². The number of nitrogens with one attached hydrogen (secondary N) is 2. The highest BCUT2D eigenvalue weighted by atomic mass is 16.2. The summed E-state index contributed by atoms with van der Waals surface area (Å²) >= 11 is 0. The molecule has 3 rings (SSSR count). The fourth-order valence-electron chi connectivity index (χ4n) is 3.11. The molecule has 1 heterocycles. The van der Waals surface area contributed by atoms with Crippen molar-refractivity contribution >= 4 is 5.91 Å². The molecule has 2 aliphatic rings. The molecule has 4 atom stereocenters. The fourth-order valence-corrected chi connectivity index (χ4v) is 3.11. The Balaban J connectivity index is 1.52. The van der Waals surface area contributed by atoms with Gasteiger partial charge in [-0.25, -0.2) is 0 Å². The summed E-state index contributed by atoms with van der Waals surface area (Å²) in [6.45, 7) is 4.25. The molecule has 0 radical (unpaired) electrons. The van der Waals surface area contributed by atoms with E-state index in [-0.39, 0.29) is 11.8 Å². The summed E-state index contributed by atoms with van der Waals surface area (Å²) in [7, 11) is 0. The van der Waals surface area contributed by atoms with Gasteiger partial charge in [-0.05, 0) is 50.3 Å². The van der Waals surface area contributed by atoms with Gasteiger partial charge in [-0.15, -0.1) is 0 Å². The molecule has 2 fully saturated rings. The summed E-state index contributed by atoms with van der Waals surface area (Å²) in [5.41, 5.74) is 1.30. The smallest absolute Gasteiger partial charge is 0.223 e. The molecule has 1 aromatic rings. The Morgan fingerprint density at radius 3 is 2.84 bits per heavy atom. The predicted molar refractivity (Wildman–Crippen MR) is 75.9 cm³/mol. The van der Waals surface area contributed by atoms with Gasteiger partial charge in [0.2, 0.25) is 5.91 Å². The number of carbonyl (C=O) groups excluding carboxylic acids is 1. The van der Waals surface area contributed by atoms with E-state index in [9.17, 15) is 4.79 Å². The molecule has 0 spiro atoms. The first-order chi connectivity index (χ1) is 9.25. The molecule has 3 nitrogen and oxygen atoms in total. The first kappa shape index (κ1) is 12.7. The molecule has 1 saturated heterocycles. The molecule has 1 aliphatic heterocycles. The monoisotopic (exact) mass is 258 g/mol. The molecule has 1 aliphatic carbocycles. The number of amides is 1. The Morgan fingerprint density at radius 2 is 2.16 bits per heavy atom. The molecule has 19 heavy (non-hydrogen) atoms. The summed E-state index contributed by atoms with van der Waals surface area (Å²) in [6, 6.07) is 10.7. The minimum absolute atomic E-state index is 0.194. The third-order valence-electron chi connectivity index (χ3n) is 4.53. The van der Waals surface area contributed by atoms with Crippen LogP contribution >= 0.6 is 0 Å². The maximum absolute atomic E-state index is 12.2. The van der Waals surface area contributed by atoms with Crippen molar-refractivity contribution in [1.82, 2.24) is 10.6 Å². The normalized spacial score (nSPS) is 30.9. The summed E-state index contributed by atoms with van der Waals surface area (Å²) in [5, 5.41) is 6.56. The van der Waals surface area contributed by atoms with Crippen LogP contribution in [-0.4, -0.2) is 25.0 Å². The largest absolute Gasteiger partial charge is 0.353 e. The second-order valence-corrected chi connectivity index (χ2v) is 5.91. The Morgan fingerprint density at radius 1 is 1.37 bits per heavy atom. The third-order valence-corrected chi connectivity index (χ3v) is 4.53. The molecule has 2 N–H and O–H groups in total. The number of hydrogen-bond acceptors (Lipinski definition) is 2. The van der Waals surface area contributed by atoms with Crippen LogP contribution in [0.3, 0.4) is 0 Å². The molecule has 1 saturated carbocycles. The highest BCUT2D eigenvalue weighted by Crippen LogP contribution is 2.47. The Hall–Kier alpha value is -1.35. The maximum Gasteiger partial charge on any atom is 0.223 e. The zero-order valence-corrected chi connectivity index (χ0v) is 11.4. The highest BCUT2D eigenvalue weighted by molar-refractivity contribution is 5.83. The highest BCUT2D eigenvalue weighted by Gasteiger charge is 2.44. The van der Waals surface area contributed by atoms with Gasteiger partial charge in [-0.3, -0.25) is 4.79 Å². The second kappa shape index (κ2) is 5.33. The van der Waals surface area contributed by atoms with Crippen LogP contribution in [0.15, 0.2) is 30.3 Å². The van der Waals surface area contributed by atoms with Gasteiger partial charge in [0.15, 0.2) is 0 Å². The van der Waals surface area contributed by atoms with Crippen LogP contribution in [0.5, 0.6) is 0 Å². The zero-order chi connectivity index (χ0) is 13.2. The minimum atomic E-state index is 0.194. The molecule has 0 bridgehead atoms. The average molecular weight is 258 g/mol. The molecular weight excluding hydrogens is 236 g/mol. The number of rotatable bonds is 4. The SMILES string of the molecule is CC(NC(=O)C1CC1c1ccccc1)C1CCNC1. The number of carbonyl (C=O) groups is 1. The van der Waals surface area contributed by atoms with Crippen LogP contribution in [0.25, 0.3) is 0 Å². The van der Waals surface area contributed by atoms with Crippen LogP contribution in [0.2, 0.25) is 0 Å². The lowest BCUT2D eigenvalue weighted by atomic mass is 10.0. The lowest BCUT2D eigenvalue weighted by molar-refractivity contribution is -0.123. The predicted octanol–water partition coefficient (Wildman–Crippen LogP) is 1.90. The van der Waals surface area contributed by atoms with Gasteiger partial charge in [0.25, 0.3) is 0 Å². The van der Waals surface area contributed by atoms with Crippen molar-refractivity contribution in [2.45, 2.75) is 31.7 Å². The van der Waals surface area contributed by atoms with Crippen molar-refractivity contribution in [3.63, 3.8) is 0 Å². The van der Waals surface area contributed by atoms with E-state index in [1.165, 1.54) is 12.0 Å². The Labute approximate surface area is 114 Å². The van der Waals surface area contributed by atoms with Gasteiger partial charge in [0.1, 0.15) is 0 Å². The summed E-state index contributed by atoms with van der Waals surface area (Å²) in [6.07, 6.45) is 2.18. The fraction of sp³-hybridized carbons (Fsp3) is 0.562. The molecule has 3 heteroatoms. The molecule has 102 valence electrons. The van der Waals surface area contributed by atoms with Crippen molar-refractivity contribution in [2.75, 3.05) is 13.1 Å². The molecule has 1 amide bonds. The molecule has 0 aromatic heterocycles. The van der Waals surface area contributed by atoms with E-state index in [4.69, 9.17) is 0 Å². The first-order valence-corrected chi connectivity index (χ1v) is 7.31. The van der Waals surface area contributed by atoms with Crippen LogP contribution in [0.4, 0.5) is 0 Å². The van der Waals surface area contributed by atoms with E-state index in [1.54, 1.807) is 0 Å². The summed E-state index contributed by atoms with van der Waals surface area (Å²) in [4.78, 5) is 12.2. The average Bonchev–Trinajstić information content (AvgIpc) is 3.05. The van der Waals surface area contributed by atoms with Crippen molar-refractivity contribution in [3.05, 3.63) is 35.9 Å². The van der Waals surface area contributed by atoms with Gasteiger partial charge in [0, 0.05) is 12.0 Å². The van der Waals surface area contributed by atoms with Crippen molar-refractivity contribution in [3.8, 4) is 0 Å². The van der Waals surface area contributed by atoms with Gasteiger partial charge in [-0.2, -0.15) is 0 Å². The molecule has 1 aromatic carbocycles. The third kappa shape index (κ3) is 2.81. The molecule has 4 unspecified atom stereocenters. The van der Waals surface area contributed by atoms with Crippen LogP contribution in [0, 0.1) is 11.8 Å². The molecular formula is C16H22N2O. The summed E-state index contributed by atoms with van der Waals surface area (Å²) in [5.74, 6) is 1.47. The summed E-state index contributed by atoms with van der Waals surface area (Å²) < 4.78 is 0. The van der Waals surface area contributed by atoms with Crippen LogP contribution < -0.4 is 10.6 Å². The first-order valence-electron chi connectivity index (χ1n) is 7.31. The lowest BCUT2D eigenvalue weighted by Gasteiger charge is -2.19. The number of hydrogen-bond donors (Lipinski definition) is 2. The van der Waals surface area contributed by atoms with Gasteiger partial charge >= 0.3 is 0 Å². The number of benzene rings is 1. The van der Waals surface area contributed by atoms with Crippen molar-refractivity contribution in [2.24, 2.45) is 11.8 Å². The van der Waals surface area contributed by atoms with E-state index in [2.05, 4.69) is 41.8 Å². The van der Waals surface area contributed by atoms with Gasteiger partial charge in [0.05, 0.1) is 0 Å². The topological polar surface area (TPSA) is 41.1 Å². The van der Waals surface area contributed by atoms with Crippen molar-refractivity contribution in [1.29, 1.82) is 0 Å². The van der Waals surface area contributed by atoms with E-state index < -0.39 is 0 Å². The van der Waals surface area contributed by atoms with Gasteiger partial charge < -0.3 is 10.6 Å². The lowest BCUT2D eigenvalue weighted by Crippen LogP contribution is -2.39. The quantitative estimate of drug-likeness (QED) is 0.866. The van der Waals surface area contributed by atoms with E-state index >= 15 is 0 Å². The Kier molecular flexibility index (Phi) is 3.56.